The van der Waals surface area contributed by atoms with E-state index in [2.05, 4.69) is 15.9 Å². The van der Waals surface area contributed by atoms with Crippen molar-refractivity contribution < 1.29 is 14.3 Å². The predicted molar refractivity (Wildman–Crippen MR) is 75.1 cm³/mol. The Labute approximate surface area is 116 Å². The molecule has 2 N–H and O–H groups in total. The number of anilines is 1. The lowest BCUT2D eigenvalue weighted by Crippen LogP contribution is -2.17. The molecule has 0 spiro atoms. The summed E-state index contributed by atoms with van der Waals surface area (Å²) >= 11 is 3.32. The van der Waals surface area contributed by atoms with Gasteiger partial charge in [0.05, 0.1) is 17.4 Å². The third kappa shape index (κ3) is 3.99. The van der Waals surface area contributed by atoms with Crippen LogP contribution in [-0.2, 0) is 4.74 Å². The minimum absolute atomic E-state index is 0.0634. The average Bonchev–Trinajstić information content (AvgIpc) is 2.29. The van der Waals surface area contributed by atoms with Crippen LogP contribution in [0.2, 0.25) is 0 Å². The Balaban J connectivity index is 2.96. The van der Waals surface area contributed by atoms with Gasteiger partial charge in [-0.25, -0.2) is 0 Å². The first-order valence-corrected chi connectivity index (χ1v) is 6.50. The van der Waals surface area contributed by atoms with Gasteiger partial charge in [-0.05, 0) is 26.0 Å². The predicted octanol–water partition coefficient (Wildman–Crippen LogP) is 3.04. The second kappa shape index (κ2) is 6.75. The number of carbonyl (C=O) groups is 1. The smallest absolute Gasteiger partial charge is 0.163 e. The molecule has 100 valence electrons. The number of Topliss-reactive ketones (excluding diaryl/α,β-unsaturated/α-hetero) is 1. The van der Waals surface area contributed by atoms with Gasteiger partial charge in [0.1, 0.15) is 0 Å². The highest BCUT2D eigenvalue weighted by Gasteiger charge is 2.16. The fourth-order valence-corrected chi connectivity index (χ4v) is 2.03. The number of benzene rings is 1. The number of methoxy groups -OCH3 is 1. The van der Waals surface area contributed by atoms with Gasteiger partial charge in [0, 0.05) is 24.6 Å². The van der Waals surface area contributed by atoms with Crippen molar-refractivity contribution in [3.8, 4) is 5.75 Å². The molecule has 1 rings (SSSR count). The molecule has 0 fully saturated rings. The van der Waals surface area contributed by atoms with Crippen molar-refractivity contribution in [3.05, 3.63) is 22.2 Å². The van der Waals surface area contributed by atoms with E-state index >= 15 is 0 Å². The van der Waals surface area contributed by atoms with Crippen LogP contribution >= 0.6 is 15.9 Å². The van der Waals surface area contributed by atoms with Crippen molar-refractivity contribution >= 4 is 27.4 Å². The maximum absolute atomic E-state index is 11.6. The molecule has 5 heteroatoms. The van der Waals surface area contributed by atoms with Crippen LogP contribution in [0.25, 0.3) is 0 Å². The maximum Gasteiger partial charge on any atom is 0.163 e. The Bertz CT molecular complexity index is 434. The minimum Gasteiger partial charge on any atom is -0.488 e. The number of carbonyl (C=O) groups excluding carboxylic acids is 1. The Hall–Kier alpha value is -1.07. The van der Waals surface area contributed by atoms with E-state index < -0.39 is 0 Å². The number of ketones is 1. The minimum atomic E-state index is -0.0723. The Kier molecular flexibility index (Phi) is 5.62. The van der Waals surface area contributed by atoms with E-state index in [0.717, 1.165) is 10.9 Å². The van der Waals surface area contributed by atoms with E-state index in [1.807, 2.05) is 6.92 Å². The Morgan fingerprint density at radius 2 is 2.17 bits per heavy atom. The third-order valence-corrected chi connectivity index (χ3v) is 2.97. The number of hydrogen-bond acceptors (Lipinski definition) is 4. The van der Waals surface area contributed by atoms with Crippen LogP contribution in [0.1, 0.15) is 30.6 Å². The molecule has 1 aromatic carbocycles. The van der Waals surface area contributed by atoms with Gasteiger partial charge in [0.2, 0.25) is 0 Å². The molecule has 0 aromatic heterocycles. The van der Waals surface area contributed by atoms with E-state index in [9.17, 15) is 4.79 Å². The summed E-state index contributed by atoms with van der Waals surface area (Å²) in [5.41, 5.74) is 6.85. The molecule has 1 atom stereocenters. The van der Waals surface area contributed by atoms with Gasteiger partial charge in [-0.15, -0.1) is 0 Å². The number of nitrogens with two attached hydrogens (primary N) is 1. The molecular weight excluding hydrogens is 298 g/mol. The molecule has 0 aliphatic rings. The molecule has 18 heavy (non-hydrogen) atoms. The zero-order chi connectivity index (χ0) is 13.7. The van der Waals surface area contributed by atoms with Crippen molar-refractivity contribution in [1.82, 2.24) is 0 Å². The van der Waals surface area contributed by atoms with Crippen molar-refractivity contribution in [2.24, 2.45) is 0 Å². The summed E-state index contributed by atoms with van der Waals surface area (Å²) in [6, 6.07) is 3.45. The van der Waals surface area contributed by atoms with E-state index in [1.54, 1.807) is 19.2 Å². The first-order chi connectivity index (χ1) is 8.45. The van der Waals surface area contributed by atoms with Crippen LogP contribution in [-0.4, -0.2) is 25.6 Å². The third-order valence-electron chi connectivity index (χ3n) is 2.51. The quantitative estimate of drug-likeness (QED) is 0.647. The first-order valence-electron chi connectivity index (χ1n) is 5.71. The summed E-state index contributed by atoms with van der Waals surface area (Å²) in [5.74, 6) is 0.381. The molecule has 0 amide bonds. The first kappa shape index (κ1) is 15.0. The SMILES string of the molecule is COCCC(C)Oc1c(N)cc(Br)cc1C(C)=O. The van der Waals surface area contributed by atoms with Gasteiger partial charge in [0.15, 0.2) is 11.5 Å². The highest BCUT2D eigenvalue weighted by molar-refractivity contribution is 9.10. The molecule has 0 aliphatic heterocycles. The fourth-order valence-electron chi connectivity index (χ4n) is 1.55. The lowest BCUT2D eigenvalue weighted by molar-refractivity contribution is 0.100. The van der Waals surface area contributed by atoms with Gasteiger partial charge in [0.25, 0.3) is 0 Å². The second-order valence-electron chi connectivity index (χ2n) is 4.14. The summed E-state index contributed by atoms with van der Waals surface area (Å²) in [6.45, 7) is 4.02. The molecule has 0 radical (unpaired) electrons. The molecule has 0 heterocycles. The zero-order valence-electron chi connectivity index (χ0n) is 10.8. The molecular formula is C13H18BrNO3. The van der Waals surface area contributed by atoms with Crippen LogP contribution in [0.4, 0.5) is 5.69 Å². The van der Waals surface area contributed by atoms with E-state index in [1.165, 1.54) is 6.92 Å². The fraction of sp³-hybridized carbons (Fsp3) is 0.462. The molecule has 4 nitrogen and oxygen atoms in total. The normalized spacial score (nSPS) is 12.2. The summed E-state index contributed by atoms with van der Waals surface area (Å²) in [7, 11) is 1.64. The van der Waals surface area contributed by atoms with E-state index in [0.29, 0.717) is 23.6 Å². The van der Waals surface area contributed by atoms with Gasteiger partial charge in [-0.1, -0.05) is 15.9 Å². The monoisotopic (exact) mass is 315 g/mol. The largest absolute Gasteiger partial charge is 0.488 e. The number of hydrogen-bond donors (Lipinski definition) is 1. The molecule has 1 unspecified atom stereocenters. The molecule has 0 saturated carbocycles. The number of ether oxygens (including phenoxy) is 2. The summed E-state index contributed by atoms with van der Waals surface area (Å²) < 4.78 is 11.5. The maximum atomic E-state index is 11.6. The van der Waals surface area contributed by atoms with Crippen molar-refractivity contribution in [3.63, 3.8) is 0 Å². The van der Waals surface area contributed by atoms with Gasteiger partial charge < -0.3 is 15.2 Å². The Morgan fingerprint density at radius 3 is 2.72 bits per heavy atom. The standard InChI is InChI=1S/C13H18BrNO3/c1-8(4-5-17-3)18-13-11(9(2)16)6-10(14)7-12(13)15/h6-8H,4-5,15H2,1-3H3. The van der Waals surface area contributed by atoms with E-state index in [-0.39, 0.29) is 11.9 Å². The van der Waals surface area contributed by atoms with Crippen LogP contribution in [0, 0.1) is 0 Å². The van der Waals surface area contributed by atoms with Gasteiger partial charge in [-0.3, -0.25) is 4.79 Å². The van der Waals surface area contributed by atoms with Gasteiger partial charge in [-0.2, -0.15) is 0 Å². The summed E-state index contributed by atoms with van der Waals surface area (Å²) in [4.78, 5) is 11.6. The Morgan fingerprint density at radius 1 is 1.50 bits per heavy atom. The van der Waals surface area contributed by atoms with Crippen molar-refractivity contribution in [1.29, 1.82) is 0 Å². The molecule has 0 saturated heterocycles. The number of halogens is 1. The zero-order valence-corrected chi connectivity index (χ0v) is 12.4. The average molecular weight is 316 g/mol. The summed E-state index contributed by atoms with van der Waals surface area (Å²) in [6.07, 6.45) is 0.676. The van der Waals surface area contributed by atoms with Crippen LogP contribution in [0.15, 0.2) is 16.6 Å². The molecule has 1 aromatic rings. The van der Waals surface area contributed by atoms with Crippen molar-refractivity contribution in [2.75, 3.05) is 19.5 Å². The van der Waals surface area contributed by atoms with Gasteiger partial charge >= 0.3 is 0 Å². The molecule has 0 aliphatic carbocycles. The molecule has 0 bridgehead atoms. The lowest BCUT2D eigenvalue weighted by atomic mass is 10.1. The number of nitrogen functional groups attached to an aromatic ring is 1. The van der Waals surface area contributed by atoms with Crippen LogP contribution < -0.4 is 10.5 Å². The number of rotatable bonds is 6. The lowest BCUT2D eigenvalue weighted by Gasteiger charge is -2.18. The van der Waals surface area contributed by atoms with Crippen LogP contribution in [0.3, 0.4) is 0 Å². The van der Waals surface area contributed by atoms with Crippen LogP contribution in [0.5, 0.6) is 5.75 Å². The van der Waals surface area contributed by atoms with E-state index in [4.69, 9.17) is 15.2 Å². The topological polar surface area (TPSA) is 61.6 Å². The summed E-state index contributed by atoms with van der Waals surface area (Å²) in [5, 5.41) is 0. The highest BCUT2D eigenvalue weighted by Crippen LogP contribution is 2.32. The second-order valence-corrected chi connectivity index (χ2v) is 5.05. The highest BCUT2D eigenvalue weighted by atomic mass is 79.9. The van der Waals surface area contributed by atoms with Crippen molar-refractivity contribution in [2.45, 2.75) is 26.4 Å².